The number of aliphatic hydroxyl groups excluding tert-OH is 1. The Balaban J connectivity index is 3.17. The first-order valence-corrected chi connectivity index (χ1v) is 2.26. The minimum Gasteiger partial charge on any atom is -0.393 e. The summed E-state index contributed by atoms with van der Waals surface area (Å²) in [6.07, 6.45) is 0. The first-order valence-electron chi connectivity index (χ1n) is 1.68. The molecular formula is C3H9O2P. The van der Waals surface area contributed by atoms with E-state index >= 15 is 0 Å². The van der Waals surface area contributed by atoms with Gasteiger partial charge in [-0.05, 0) is 6.92 Å². The molecule has 0 aliphatic rings. The average molecular weight is 108 g/mol. The van der Waals surface area contributed by atoms with E-state index in [0.717, 1.165) is 0 Å². The van der Waals surface area contributed by atoms with Gasteiger partial charge in [0.15, 0.2) is 0 Å². The van der Waals surface area contributed by atoms with E-state index in [1.807, 2.05) is 0 Å². The molecule has 0 aliphatic heterocycles. The van der Waals surface area contributed by atoms with E-state index in [2.05, 4.69) is 9.24 Å². The normalized spacial score (nSPS) is 20.0. The van der Waals surface area contributed by atoms with Crippen LogP contribution in [0.2, 0.25) is 0 Å². The van der Waals surface area contributed by atoms with E-state index in [1.54, 1.807) is 0 Å². The highest BCUT2D eigenvalue weighted by Crippen LogP contribution is 2.09. The lowest BCUT2D eigenvalue weighted by molar-refractivity contribution is 0.0795. The van der Waals surface area contributed by atoms with Crippen molar-refractivity contribution in [1.29, 1.82) is 0 Å². The van der Waals surface area contributed by atoms with Crippen LogP contribution >= 0.6 is 9.24 Å². The predicted octanol–water partition coefficient (Wildman–Crippen LogP) is -0.438. The molecule has 0 aromatic heterocycles. The highest BCUT2D eigenvalue weighted by Gasteiger charge is 2.07. The lowest BCUT2D eigenvalue weighted by Crippen LogP contribution is -2.18. The molecule has 0 bridgehead atoms. The van der Waals surface area contributed by atoms with Gasteiger partial charge in [-0.3, -0.25) is 0 Å². The summed E-state index contributed by atoms with van der Waals surface area (Å²) in [4.78, 5) is 0. The molecule has 0 spiro atoms. The molecule has 2 N–H and O–H groups in total. The summed E-state index contributed by atoms with van der Waals surface area (Å²) in [5, 5.41) is 15.7. The zero-order valence-electron chi connectivity index (χ0n) is 3.68. The Labute approximate surface area is 39.4 Å². The third-order valence-electron chi connectivity index (χ3n) is 0.320. The van der Waals surface area contributed by atoms with Gasteiger partial charge in [-0.25, -0.2) is 0 Å². The zero-order valence-corrected chi connectivity index (χ0v) is 4.83. The van der Waals surface area contributed by atoms with Crippen LogP contribution in [0.3, 0.4) is 0 Å². The standard InChI is InChI=1S/C3H9O2P/c1-3(5,6)2-4/h4-5H,2,6H2,1H3. The van der Waals surface area contributed by atoms with Crippen LogP contribution in [0.4, 0.5) is 0 Å². The van der Waals surface area contributed by atoms with Crippen molar-refractivity contribution in [3.05, 3.63) is 0 Å². The van der Waals surface area contributed by atoms with Crippen LogP contribution in [0.5, 0.6) is 0 Å². The molecule has 0 fully saturated rings. The van der Waals surface area contributed by atoms with E-state index in [1.165, 1.54) is 6.92 Å². The molecule has 0 aliphatic carbocycles. The minimum atomic E-state index is -0.986. The second-order valence-electron chi connectivity index (χ2n) is 1.52. The van der Waals surface area contributed by atoms with E-state index in [-0.39, 0.29) is 6.61 Å². The number of aliphatic hydroxyl groups is 2. The van der Waals surface area contributed by atoms with E-state index < -0.39 is 5.34 Å². The topological polar surface area (TPSA) is 40.5 Å². The van der Waals surface area contributed by atoms with Gasteiger partial charge in [-0.15, -0.1) is 9.24 Å². The summed E-state index contributed by atoms with van der Waals surface area (Å²) < 4.78 is 0. The number of rotatable bonds is 1. The quantitative estimate of drug-likeness (QED) is 0.447. The van der Waals surface area contributed by atoms with Crippen molar-refractivity contribution in [2.45, 2.75) is 12.3 Å². The zero-order chi connectivity index (χ0) is 5.21. The van der Waals surface area contributed by atoms with Crippen molar-refractivity contribution in [1.82, 2.24) is 0 Å². The van der Waals surface area contributed by atoms with Crippen molar-refractivity contribution >= 4 is 9.24 Å². The summed E-state index contributed by atoms with van der Waals surface area (Å²) in [7, 11) is 2.10. The Hall–Kier alpha value is 0.350. The second kappa shape index (κ2) is 1.87. The molecule has 0 aromatic rings. The van der Waals surface area contributed by atoms with Crippen LogP contribution < -0.4 is 0 Å². The summed E-state index contributed by atoms with van der Waals surface area (Å²) >= 11 is 0. The van der Waals surface area contributed by atoms with E-state index in [4.69, 9.17) is 10.2 Å². The van der Waals surface area contributed by atoms with Crippen molar-refractivity contribution in [2.24, 2.45) is 0 Å². The van der Waals surface area contributed by atoms with Crippen molar-refractivity contribution < 1.29 is 10.2 Å². The second-order valence-corrected chi connectivity index (χ2v) is 2.76. The fourth-order valence-corrected chi connectivity index (χ4v) is 0. The fraction of sp³-hybridized carbons (Fsp3) is 1.00. The third kappa shape index (κ3) is 4.35. The molecule has 0 heterocycles. The SMILES string of the molecule is CC(O)(P)CO. The third-order valence-corrected chi connectivity index (χ3v) is 0.503. The lowest BCUT2D eigenvalue weighted by atomic mass is 10.4. The van der Waals surface area contributed by atoms with E-state index in [9.17, 15) is 0 Å². The van der Waals surface area contributed by atoms with Gasteiger partial charge in [0.25, 0.3) is 0 Å². The maximum Gasteiger partial charge on any atom is 0.0978 e. The Bertz CT molecular complexity index is 38.5. The predicted molar refractivity (Wildman–Crippen MR) is 27.4 cm³/mol. The van der Waals surface area contributed by atoms with Gasteiger partial charge in [0.1, 0.15) is 0 Å². The number of hydrogen-bond acceptors (Lipinski definition) is 2. The maximum absolute atomic E-state index is 8.54. The Morgan fingerprint density at radius 1 is 1.83 bits per heavy atom. The van der Waals surface area contributed by atoms with Crippen LogP contribution in [0, 0.1) is 0 Å². The number of hydrogen-bond donors (Lipinski definition) is 2. The molecular weight excluding hydrogens is 99.0 g/mol. The molecule has 3 heteroatoms. The maximum atomic E-state index is 8.54. The first kappa shape index (κ1) is 6.35. The van der Waals surface area contributed by atoms with Crippen LogP contribution in [0.1, 0.15) is 6.92 Å². The van der Waals surface area contributed by atoms with Crippen LogP contribution in [-0.2, 0) is 0 Å². The van der Waals surface area contributed by atoms with Gasteiger partial charge in [0.05, 0.1) is 11.9 Å². The van der Waals surface area contributed by atoms with Gasteiger partial charge < -0.3 is 10.2 Å². The summed E-state index contributed by atoms with van der Waals surface area (Å²) in [5.74, 6) is 0. The van der Waals surface area contributed by atoms with Crippen LogP contribution in [-0.4, -0.2) is 22.2 Å². The summed E-state index contributed by atoms with van der Waals surface area (Å²) in [6.45, 7) is 1.30. The molecule has 0 rings (SSSR count). The molecule has 0 aromatic carbocycles. The minimum absolute atomic E-state index is 0.211. The molecule has 2 unspecified atom stereocenters. The van der Waals surface area contributed by atoms with Gasteiger partial charge in [-0.1, -0.05) is 0 Å². The molecule has 2 atom stereocenters. The van der Waals surface area contributed by atoms with Gasteiger partial charge >= 0.3 is 0 Å². The van der Waals surface area contributed by atoms with Gasteiger partial charge in [0, 0.05) is 0 Å². The monoisotopic (exact) mass is 108 g/mol. The van der Waals surface area contributed by atoms with Crippen molar-refractivity contribution in [3.63, 3.8) is 0 Å². The molecule has 0 radical (unpaired) electrons. The summed E-state index contributed by atoms with van der Waals surface area (Å²) in [5.41, 5.74) is 0. The summed E-state index contributed by atoms with van der Waals surface area (Å²) in [6, 6.07) is 0. The Morgan fingerprint density at radius 3 is 2.00 bits per heavy atom. The smallest absolute Gasteiger partial charge is 0.0978 e. The molecule has 0 saturated heterocycles. The van der Waals surface area contributed by atoms with Crippen LogP contribution in [0.25, 0.3) is 0 Å². The van der Waals surface area contributed by atoms with Gasteiger partial charge in [-0.2, -0.15) is 0 Å². The fourth-order valence-electron chi connectivity index (χ4n) is 0. The largest absolute Gasteiger partial charge is 0.393 e. The molecule has 0 saturated carbocycles. The van der Waals surface area contributed by atoms with Crippen molar-refractivity contribution in [3.8, 4) is 0 Å². The van der Waals surface area contributed by atoms with Crippen molar-refractivity contribution in [2.75, 3.05) is 6.61 Å². The molecule has 6 heavy (non-hydrogen) atoms. The van der Waals surface area contributed by atoms with Gasteiger partial charge in [0.2, 0.25) is 0 Å². The van der Waals surface area contributed by atoms with Crippen LogP contribution in [0.15, 0.2) is 0 Å². The average Bonchev–Trinajstić information content (AvgIpc) is 1.35. The molecule has 38 valence electrons. The Kier molecular flexibility index (Phi) is 1.98. The highest BCUT2D eigenvalue weighted by atomic mass is 31.0. The molecule has 2 nitrogen and oxygen atoms in total. The first-order chi connectivity index (χ1) is 2.56. The highest BCUT2D eigenvalue weighted by molar-refractivity contribution is 7.18. The van der Waals surface area contributed by atoms with E-state index in [0.29, 0.717) is 0 Å². The Morgan fingerprint density at radius 2 is 2.00 bits per heavy atom. The molecule has 0 amide bonds. The lowest BCUT2D eigenvalue weighted by Gasteiger charge is -2.10.